The first-order valence-electron chi connectivity index (χ1n) is 12.8. The zero-order chi connectivity index (χ0) is 27.1. The monoisotopic (exact) mass is 537 g/mol. The summed E-state index contributed by atoms with van der Waals surface area (Å²) in [6.07, 6.45) is 4.52. The molecule has 0 spiro atoms. The molecule has 4 heterocycles. The molecule has 2 aliphatic heterocycles. The zero-order valence-electron chi connectivity index (χ0n) is 21.4. The highest BCUT2D eigenvalue weighted by Gasteiger charge is 2.33. The number of rotatable bonds is 5. The van der Waals surface area contributed by atoms with Crippen LogP contribution in [-0.4, -0.2) is 46.9 Å². The van der Waals surface area contributed by atoms with Crippen LogP contribution in [0.25, 0.3) is 21.3 Å². The maximum atomic E-state index is 13.5. The predicted molar refractivity (Wildman–Crippen MR) is 155 cm³/mol. The van der Waals surface area contributed by atoms with Gasteiger partial charge in [0, 0.05) is 25.3 Å². The second kappa shape index (κ2) is 9.99. The summed E-state index contributed by atoms with van der Waals surface area (Å²) in [6.45, 7) is 6.69. The van der Waals surface area contributed by atoms with Crippen LogP contribution < -0.4 is 15.5 Å². The van der Waals surface area contributed by atoms with E-state index >= 15 is 0 Å². The van der Waals surface area contributed by atoms with E-state index in [9.17, 15) is 14.4 Å². The largest absolute Gasteiger partial charge is 0.347 e. The highest BCUT2D eigenvalue weighted by molar-refractivity contribution is 7.21. The fourth-order valence-corrected chi connectivity index (χ4v) is 6.27. The Kier molecular flexibility index (Phi) is 6.36. The van der Waals surface area contributed by atoms with Crippen LogP contribution in [0.5, 0.6) is 0 Å². The summed E-state index contributed by atoms with van der Waals surface area (Å²) in [5.41, 5.74) is 5.11. The number of aryl methyl sites for hydroxylation is 1. The predicted octanol–water partition coefficient (Wildman–Crippen LogP) is 5.86. The van der Waals surface area contributed by atoms with E-state index in [2.05, 4.69) is 46.5 Å². The molecule has 6 rings (SSSR count). The van der Waals surface area contributed by atoms with Crippen molar-refractivity contribution in [1.82, 2.24) is 15.2 Å². The number of aromatic nitrogens is 1. The molecule has 2 aliphatic rings. The van der Waals surface area contributed by atoms with Crippen molar-refractivity contribution in [2.45, 2.75) is 25.8 Å². The minimum atomic E-state index is -0.344. The number of thiophene rings is 1. The second-order valence-electron chi connectivity index (χ2n) is 9.80. The van der Waals surface area contributed by atoms with Crippen molar-refractivity contribution in [3.63, 3.8) is 0 Å². The maximum absolute atomic E-state index is 13.5. The summed E-state index contributed by atoms with van der Waals surface area (Å²) in [5.74, 6) is -0.425. The van der Waals surface area contributed by atoms with Crippen molar-refractivity contribution in [1.29, 1.82) is 0 Å². The van der Waals surface area contributed by atoms with E-state index in [4.69, 9.17) is 0 Å². The minimum Gasteiger partial charge on any atom is -0.347 e. The van der Waals surface area contributed by atoms with Gasteiger partial charge in [0.15, 0.2) is 0 Å². The van der Waals surface area contributed by atoms with Crippen LogP contribution in [0.4, 0.5) is 21.9 Å². The number of likely N-dealkylation sites (tertiary alicyclic amines) is 1. The first-order valence-corrected chi connectivity index (χ1v) is 13.7. The molecule has 0 aliphatic carbocycles. The van der Waals surface area contributed by atoms with E-state index in [0.29, 0.717) is 34.2 Å². The van der Waals surface area contributed by atoms with Crippen molar-refractivity contribution in [3.05, 3.63) is 83.9 Å². The van der Waals surface area contributed by atoms with Gasteiger partial charge in [-0.1, -0.05) is 48.5 Å². The van der Waals surface area contributed by atoms with Crippen LogP contribution in [0.2, 0.25) is 0 Å². The van der Waals surface area contributed by atoms with Gasteiger partial charge in [0.05, 0.1) is 22.4 Å². The summed E-state index contributed by atoms with van der Waals surface area (Å²) in [4.78, 5) is 47.9. The lowest BCUT2D eigenvalue weighted by atomic mass is 10.0. The Hall–Kier alpha value is -4.50. The topological polar surface area (TPSA) is 94.6 Å². The van der Waals surface area contributed by atoms with Crippen molar-refractivity contribution < 1.29 is 14.4 Å². The Balaban J connectivity index is 1.33. The molecular formula is C30H27N5O3S. The third kappa shape index (κ3) is 4.55. The molecule has 4 aromatic rings. The number of pyridine rings is 1. The molecule has 1 saturated heterocycles. The molecule has 0 bridgehead atoms. The minimum absolute atomic E-state index is 0.140. The number of hydrogen-bond donors (Lipinski definition) is 2. The third-order valence-electron chi connectivity index (χ3n) is 7.18. The molecule has 4 amide bonds. The number of piperidine rings is 1. The average molecular weight is 538 g/mol. The van der Waals surface area contributed by atoms with Gasteiger partial charge in [-0.05, 0) is 55.2 Å². The molecule has 0 radical (unpaired) electrons. The summed E-state index contributed by atoms with van der Waals surface area (Å²) in [5, 5.41) is 6.76. The first-order chi connectivity index (χ1) is 18.9. The number of urea groups is 1. The normalized spacial score (nSPS) is 16.6. The first kappa shape index (κ1) is 24.8. The lowest BCUT2D eigenvalue weighted by Crippen LogP contribution is -2.49. The molecule has 39 heavy (non-hydrogen) atoms. The van der Waals surface area contributed by atoms with Crippen molar-refractivity contribution in [2.75, 3.05) is 23.3 Å². The van der Waals surface area contributed by atoms with Gasteiger partial charge in [-0.3, -0.25) is 14.5 Å². The molecule has 196 valence electrons. The average Bonchev–Trinajstić information content (AvgIpc) is 3.33. The molecule has 1 atom stereocenters. The highest BCUT2D eigenvalue weighted by atomic mass is 32.1. The van der Waals surface area contributed by atoms with Gasteiger partial charge in [0.1, 0.15) is 9.71 Å². The number of nitrogens with zero attached hydrogens (tertiary/aromatic N) is 3. The Labute approximate surface area is 230 Å². The van der Waals surface area contributed by atoms with Gasteiger partial charge in [-0.2, -0.15) is 0 Å². The van der Waals surface area contributed by atoms with Crippen LogP contribution >= 0.6 is 11.3 Å². The quantitative estimate of drug-likeness (QED) is 0.312. The van der Waals surface area contributed by atoms with Gasteiger partial charge >= 0.3 is 6.03 Å². The van der Waals surface area contributed by atoms with Crippen LogP contribution in [-0.2, 0) is 4.79 Å². The number of amides is 4. The highest BCUT2D eigenvalue weighted by Crippen LogP contribution is 2.46. The number of carbonyl (C=O) groups excluding carboxylic acids is 3. The van der Waals surface area contributed by atoms with Crippen molar-refractivity contribution >= 4 is 56.5 Å². The van der Waals surface area contributed by atoms with E-state index < -0.39 is 0 Å². The van der Waals surface area contributed by atoms with Crippen LogP contribution in [0.1, 0.15) is 28.1 Å². The smallest absolute Gasteiger partial charge is 0.331 e. The van der Waals surface area contributed by atoms with E-state index in [1.54, 1.807) is 22.1 Å². The summed E-state index contributed by atoms with van der Waals surface area (Å²) in [7, 11) is 0. The number of hydrogen-bond acceptors (Lipinski definition) is 5. The molecule has 2 aromatic carbocycles. The zero-order valence-corrected chi connectivity index (χ0v) is 22.3. The Bertz CT molecular complexity index is 1630. The molecule has 1 fully saturated rings. The third-order valence-corrected chi connectivity index (χ3v) is 8.28. The molecule has 2 aromatic heterocycles. The van der Waals surface area contributed by atoms with Gasteiger partial charge in [-0.25, -0.2) is 9.78 Å². The van der Waals surface area contributed by atoms with E-state index in [1.807, 2.05) is 31.2 Å². The maximum Gasteiger partial charge on any atom is 0.331 e. The molecule has 8 nitrogen and oxygen atoms in total. The summed E-state index contributed by atoms with van der Waals surface area (Å²) >= 11 is 1.25. The fraction of sp³-hybridized carbons (Fsp3) is 0.200. The Morgan fingerprint density at radius 2 is 1.97 bits per heavy atom. The van der Waals surface area contributed by atoms with E-state index in [-0.39, 0.29) is 23.9 Å². The molecule has 0 saturated carbocycles. The standard InChI is InChI=1S/C30H27N5O3S/c1-3-24(36)34-15-5-7-21(17-34)32-28(37)27-26-25-23(13-14-31-29(25)39-27)35(30(38)33-26)22-8-4-6-20(16-22)19-11-9-18(2)10-12-19/h3-4,6,8-14,16,21H,1,5,7,15,17H2,2H3,(H,32,37)(H,33,38). The second-order valence-corrected chi connectivity index (χ2v) is 10.8. The summed E-state index contributed by atoms with van der Waals surface area (Å²) < 4.78 is 0. The van der Waals surface area contributed by atoms with Crippen LogP contribution in [0.3, 0.4) is 0 Å². The molecular weight excluding hydrogens is 510 g/mol. The Morgan fingerprint density at radius 1 is 1.15 bits per heavy atom. The Morgan fingerprint density at radius 3 is 2.77 bits per heavy atom. The number of benzene rings is 2. The van der Waals surface area contributed by atoms with E-state index in [0.717, 1.165) is 35.0 Å². The van der Waals surface area contributed by atoms with Crippen LogP contribution in [0, 0.1) is 6.92 Å². The van der Waals surface area contributed by atoms with Crippen molar-refractivity contribution in [3.8, 4) is 11.1 Å². The van der Waals surface area contributed by atoms with Gasteiger partial charge in [0.2, 0.25) is 5.91 Å². The van der Waals surface area contributed by atoms with Crippen LogP contribution in [0.15, 0.2) is 73.4 Å². The van der Waals surface area contributed by atoms with Gasteiger partial charge < -0.3 is 15.5 Å². The molecule has 1 unspecified atom stereocenters. The number of carbonyl (C=O) groups is 3. The van der Waals surface area contributed by atoms with Gasteiger partial charge in [-0.15, -0.1) is 11.3 Å². The molecule has 9 heteroatoms. The summed E-state index contributed by atoms with van der Waals surface area (Å²) in [6, 6.07) is 17.4. The van der Waals surface area contributed by atoms with Crippen molar-refractivity contribution in [2.24, 2.45) is 0 Å². The number of nitrogens with one attached hydrogen (secondary N) is 2. The lowest BCUT2D eigenvalue weighted by Gasteiger charge is -2.32. The van der Waals surface area contributed by atoms with E-state index in [1.165, 1.54) is 23.0 Å². The fourth-order valence-electron chi connectivity index (χ4n) is 5.25. The molecule has 2 N–H and O–H groups in total. The SMILES string of the molecule is C=CC(=O)N1CCCC(NC(=O)c2sc3nccc4c3c2NC(=O)N4c2cccc(-c3ccc(C)cc3)c2)C1. The number of anilines is 3. The lowest BCUT2D eigenvalue weighted by molar-refractivity contribution is -0.127. The van der Waals surface area contributed by atoms with Gasteiger partial charge in [0.25, 0.3) is 5.91 Å².